The van der Waals surface area contributed by atoms with E-state index in [1.807, 2.05) is 0 Å². The Morgan fingerprint density at radius 2 is 2.10 bits per heavy atom. The average Bonchev–Trinajstić information content (AvgIpc) is 3.06. The van der Waals surface area contributed by atoms with Gasteiger partial charge in [0, 0.05) is 11.3 Å². The zero-order valence-electron chi connectivity index (χ0n) is 15.3. The van der Waals surface area contributed by atoms with Gasteiger partial charge in [0.05, 0.1) is 11.7 Å². The molecule has 2 aromatic rings. The highest BCUT2D eigenvalue weighted by molar-refractivity contribution is 7.46. The van der Waals surface area contributed by atoms with Gasteiger partial charge in [0.1, 0.15) is 18.5 Å². The fraction of sp³-hybridized carbons (Fsp3) is 0.615. The molecule has 6 N–H and O–H groups in total. The van der Waals surface area contributed by atoms with Crippen molar-refractivity contribution < 1.29 is 33.8 Å². The van der Waals surface area contributed by atoms with Crippen molar-refractivity contribution in [1.29, 1.82) is 0 Å². The molecule has 0 amide bonds. The van der Waals surface area contributed by atoms with Crippen LogP contribution in [-0.4, -0.2) is 63.4 Å². The SMILES string of the molecule is CC(C)(C[C@H]1O[C@@H](n2c(N=[N+]=[N-])nc3c(N)ncnc32)[C@H](O)[C@@H]1O)OP(=O)(O)O. The van der Waals surface area contributed by atoms with Crippen LogP contribution in [0.4, 0.5) is 11.8 Å². The molecule has 1 fully saturated rings. The predicted octanol–water partition coefficient (Wildman–Crippen LogP) is 0.247. The minimum atomic E-state index is -4.80. The minimum Gasteiger partial charge on any atom is -0.388 e. The van der Waals surface area contributed by atoms with Gasteiger partial charge in [0.15, 0.2) is 23.2 Å². The molecule has 0 saturated carbocycles. The summed E-state index contributed by atoms with van der Waals surface area (Å²) in [5, 5.41) is 24.4. The number of phosphoric ester groups is 1. The lowest BCUT2D eigenvalue weighted by Crippen LogP contribution is -2.37. The number of phosphoric acid groups is 1. The third-order valence-corrected chi connectivity index (χ3v) is 5.00. The molecule has 0 aromatic carbocycles. The lowest BCUT2D eigenvalue weighted by molar-refractivity contribution is -0.0623. The number of ether oxygens (including phenoxy) is 1. The second kappa shape index (κ2) is 7.48. The number of aliphatic hydroxyl groups is 2. The minimum absolute atomic E-state index is 0.00361. The van der Waals surface area contributed by atoms with Crippen LogP contribution in [0.2, 0.25) is 0 Å². The van der Waals surface area contributed by atoms with E-state index in [2.05, 4.69) is 25.0 Å². The van der Waals surface area contributed by atoms with Gasteiger partial charge in [-0.1, -0.05) is 0 Å². The van der Waals surface area contributed by atoms with Gasteiger partial charge in [-0.3, -0.25) is 9.09 Å². The van der Waals surface area contributed by atoms with Gasteiger partial charge in [0.2, 0.25) is 5.95 Å². The third-order valence-electron chi connectivity index (χ3n) is 4.27. The number of anilines is 1. The van der Waals surface area contributed by atoms with E-state index in [1.54, 1.807) is 0 Å². The van der Waals surface area contributed by atoms with Crippen molar-refractivity contribution in [3.8, 4) is 0 Å². The first-order chi connectivity index (χ1) is 13.4. The van der Waals surface area contributed by atoms with E-state index in [4.69, 9.17) is 30.3 Å². The van der Waals surface area contributed by atoms with E-state index < -0.39 is 38.0 Å². The molecule has 3 heterocycles. The van der Waals surface area contributed by atoms with Crippen LogP contribution in [0.3, 0.4) is 0 Å². The van der Waals surface area contributed by atoms with E-state index in [0.29, 0.717) is 0 Å². The van der Waals surface area contributed by atoms with Crippen molar-refractivity contribution in [3.05, 3.63) is 16.8 Å². The summed E-state index contributed by atoms with van der Waals surface area (Å²) in [7, 11) is -4.80. The number of aliphatic hydroxyl groups excluding tert-OH is 2. The van der Waals surface area contributed by atoms with Crippen molar-refractivity contribution in [2.24, 2.45) is 5.11 Å². The Morgan fingerprint density at radius 3 is 2.72 bits per heavy atom. The summed E-state index contributed by atoms with van der Waals surface area (Å²) in [4.78, 5) is 32.6. The molecule has 1 saturated heterocycles. The van der Waals surface area contributed by atoms with Crippen LogP contribution in [-0.2, 0) is 13.8 Å². The molecule has 0 aliphatic carbocycles. The Labute approximate surface area is 163 Å². The molecule has 1 aliphatic heterocycles. The molecule has 0 spiro atoms. The third kappa shape index (κ3) is 4.32. The monoisotopic (exact) mass is 430 g/mol. The molecular formula is C13H19N8O7P. The molecule has 0 radical (unpaired) electrons. The first kappa shape index (κ1) is 21.4. The molecule has 15 nitrogen and oxygen atoms in total. The molecule has 0 unspecified atom stereocenters. The summed E-state index contributed by atoms with van der Waals surface area (Å²) < 4.78 is 22.7. The van der Waals surface area contributed by atoms with Gasteiger partial charge in [0.25, 0.3) is 0 Å². The van der Waals surface area contributed by atoms with E-state index in [-0.39, 0.29) is 29.4 Å². The van der Waals surface area contributed by atoms with E-state index >= 15 is 0 Å². The number of nitrogens with two attached hydrogens (primary N) is 1. The zero-order valence-corrected chi connectivity index (χ0v) is 16.2. The molecule has 16 heteroatoms. The number of aromatic nitrogens is 4. The number of rotatable bonds is 6. The molecule has 1 aliphatic rings. The number of imidazole rings is 1. The Hall–Kier alpha value is -2.35. The number of azide groups is 1. The van der Waals surface area contributed by atoms with Gasteiger partial charge < -0.3 is 30.5 Å². The second-order valence-electron chi connectivity index (χ2n) is 6.99. The summed E-state index contributed by atoms with van der Waals surface area (Å²) in [6.45, 7) is 2.79. The Kier molecular flexibility index (Phi) is 5.51. The van der Waals surface area contributed by atoms with Crippen LogP contribution >= 0.6 is 7.82 Å². The standard InChI is InChI=1S/C13H19N8O7P/c1-13(2,28-29(24,25)26)3-5-7(22)8(23)11(27-5)21-10-6(9(14)16-4-17-10)18-12(21)19-20-15/h4-5,7-8,11,22-23H,3H2,1-2H3,(H2,14,16,17)(H2,24,25,26)/t5-,7-,8-,11-/m1/s1. The van der Waals surface area contributed by atoms with Crippen LogP contribution < -0.4 is 5.73 Å². The van der Waals surface area contributed by atoms with Crippen LogP contribution in [0.25, 0.3) is 21.6 Å². The number of nitrogen functional groups attached to an aromatic ring is 1. The Balaban J connectivity index is 1.97. The van der Waals surface area contributed by atoms with Gasteiger partial charge in [-0.05, 0) is 24.5 Å². The second-order valence-corrected chi connectivity index (χ2v) is 8.16. The number of nitrogens with zero attached hydrogens (tertiary/aromatic N) is 7. The van der Waals surface area contributed by atoms with Crippen LogP contribution in [0.5, 0.6) is 0 Å². The molecule has 29 heavy (non-hydrogen) atoms. The van der Waals surface area contributed by atoms with Gasteiger partial charge in [-0.2, -0.15) is 0 Å². The molecule has 4 atom stereocenters. The predicted molar refractivity (Wildman–Crippen MR) is 96.3 cm³/mol. The average molecular weight is 430 g/mol. The molecule has 0 bridgehead atoms. The lowest BCUT2D eigenvalue weighted by Gasteiger charge is -2.29. The van der Waals surface area contributed by atoms with Crippen molar-refractivity contribution in [3.63, 3.8) is 0 Å². The van der Waals surface area contributed by atoms with Crippen LogP contribution in [0, 0.1) is 0 Å². The normalized spacial score (nSPS) is 25.3. The first-order valence-corrected chi connectivity index (χ1v) is 9.78. The van der Waals surface area contributed by atoms with E-state index in [9.17, 15) is 14.8 Å². The highest BCUT2D eigenvalue weighted by atomic mass is 31.2. The molecule has 2 aromatic heterocycles. The van der Waals surface area contributed by atoms with Gasteiger partial charge in [-0.25, -0.2) is 19.5 Å². The Bertz CT molecular complexity index is 1020. The van der Waals surface area contributed by atoms with Crippen molar-refractivity contribution in [1.82, 2.24) is 19.5 Å². The number of fused-ring (bicyclic) bond motifs is 1. The van der Waals surface area contributed by atoms with E-state index in [0.717, 1.165) is 10.9 Å². The maximum absolute atomic E-state index is 11.1. The van der Waals surface area contributed by atoms with E-state index in [1.165, 1.54) is 13.8 Å². The number of hydrogen-bond donors (Lipinski definition) is 5. The van der Waals surface area contributed by atoms with Crippen LogP contribution in [0.1, 0.15) is 26.5 Å². The highest BCUT2D eigenvalue weighted by Gasteiger charge is 2.47. The van der Waals surface area contributed by atoms with Crippen molar-refractivity contribution >= 4 is 30.8 Å². The summed E-state index contributed by atoms with van der Waals surface area (Å²) in [6, 6.07) is 0. The summed E-state index contributed by atoms with van der Waals surface area (Å²) >= 11 is 0. The highest BCUT2D eigenvalue weighted by Crippen LogP contribution is 2.45. The summed E-state index contributed by atoms with van der Waals surface area (Å²) in [5.41, 5.74) is 13.4. The van der Waals surface area contributed by atoms with Crippen molar-refractivity contribution in [2.45, 2.75) is 50.4 Å². The molecule has 158 valence electrons. The quantitative estimate of drug-likeness (QED) is 0.180. The maximum atomic E-state index is 11.1. The lowest BCUT2D eigenvalue weighted by atomic mass is 9.97. The summed E-state index contributed by atoms with van der Waals surface area (Å²) in [5.74, 6) is -0.221. The molecule has 3 rings (SSSR count). The topological polar surface area (TPSA) is 235 Å². The fourth-order valence-corrected chi connectivity index (χ4v) is 3.93. The van der Waals surface area contributed by atoms with Gasteiger partial charge in [-0.15, -0.1) is 0 Å². The van der Waals surface area contributed by atoms with Crippen LogP contribution in [0.15, 0.2) is 11.4 Å². The largest absolute Gasteiger partial charge is 0.470 e. The zero-order chi connectivity index (χ0) is 21.6. The van der Waals surface area contributed by atoms with Gasteiger partial charge >= 0.3 is 7.82 Å². The van der Waals surface area contributed by atoms with Crippen molar-refractivity contribution in [2.75, 3.05) is 5.73 Å². The first-order valence-electron chi connectivity index (χ1n) is 8.25. The summed E-state index contributed by atoms with van der Waals surface area (Å²) in [6.07, 6.45) is -4.34. The smallest absolute Gasteiger partial charge is 0.388 e. The maximum Gasteiger partial charge on any atom is 0.470 e. The Morgan fingerprint density at radius 1 is 1.41 bits per heavy atom. The molecular weight excluding hydrogens is 411 g/mol. The fourth-order valence-electron chi connectivity index (χ4n) is 3.21. The number of hydrogen-bond acceptors (Lipinski definition) is 10.